The molecule has 1 aromatic heterocycles. The summed E-state index contributed by atoms with van der Waals surface area (Å²) in [6.45, 7) is 11.2. The maximum atomic E-state index is 5.59. The first-order valence-electron chi connectivity index (χ1n) is 8.50. The summed E-state index contributed by atoms with van der Waals surface area (Å²) in [6.07, 6.45) is 2.93. The molecule has 144 valence electrons. The normalized spacial score (nSPS) is 11.2. The summed E-state index contributed by atoms with van der Waals surface area (Å²) >= 11 is 0. The fourth-order valence-corrected chi connectivity index (χ4v) is 2.30. The summed E-state index contributed by atoms with van der Waals surface area (Å²) in [5.74, 6) is 2.31. The summed E-state index contributed by atoms with van der Waals surface area (Å²) < 4.78 is 11.0. The van der Waals surface area contributed by atoms with Gasteiger partial charge in [-0.05, 0) is 26.2 Å². The monoisotopic (exact) mass is 464 g/mol. The summed E-state index contributed by atoms with van der Waals surface area (Å²) in [7, 11) is 3.44. The Bertz CT molecular complexity index is 536. The van der Waals surface area contributed by atoms with E-state index < -0.39 is 0 Å². The van der Waals surface area contributed by atoms with Gasteiger partial charge in [0.05, 0.1) is 26.0 Å². The Morgan fingerprint density at radius 3 is 2.56 bits per heavy atom. The second-order valence-electron chi connectivity index (χ2n) is 6.19. The zero-order valence-electron chi connectivity index (χ0n) is 16.3. The Balaban J connectivity index is 0.00000576. The molecule has 25 heavy (non-hydrogen) atoms. The molecule has 0 bridgehead atoms. The van der Waals surface area contributed by atoms with Crippen LogP contribution in [0.2, 0.25) is 0 Å². The van der Waals surface area contributed by atoms with Crippen LogP contribution >= 0.6 is 24.0 Å². The molecule has 0 saturated heterocycles. The second-order valence-corrected chi connectivity index (χ2v) is 6.19. The molecule has 1 rings (SSSR count). The number of nitrogens with zero attached hydrogens (tertiary/aromatic N) is 2. The first kappa shape index (κ1) is 23.9. The number of aliphatic imine (C=N–C) groups is 1. The molecule has 0 spiro atoms. The fourth-order valence-electron chi connectivity index (χ4n) is 2.30. The van der Waals surface area contributed by atoms with Crippen LogP contribution in [-0.4, -0.2) is 44.9 Å². The number of aryl methyl sites for hydroxylation is 1. The van der Waals surface area contributed by atoms with E-state index in [0.29, 0.717) is 19.1 Å². The summed E-state index contributed by atoms with van der Waals surface area (Å²) in [5, 5.41) is 6.51. The van der Waals surface area contributed by atoms with E-state index in [9.17, 15) is 0 Å². The molecule has 0 aromatic carbocycles. The third-order valence-electron chi connectivity index (χ3n) is 3.78. The molecule has 6 nitrogen and oxygen atoms in total. The molecule has 1 heterocycles. The Labute approximate surface area is 169 Å². The van der Waals surface area contributed by atoms with Crippen LogP contribution in [0.5, 0.6) is 5.75 Å². The van der Waals surface area contributed by atoms with E-state index in [1.807, 2.05) is 20.0 Å². The Kier molecular flexibility index (Phi) is 12.6. The molecule has 0 aliphatic carbocycles. The number of rotatable bonds is 9. The van der Waals surface area contributed by atoms with Crippen molar-refractivity contribution in [1.29, 1.82) is 0 Å². The van der Waals surface area contributed by atoms with Gasteiger partial charge in [-0.25, -0.2) is 0 Å². The fraction of sp³-hybridized carbons (Fsp3) is 0.667. The van der Waals surface area contributed by atoms with Gasteiger partial charge in [-0.3, -0.25) is 9.98 Å². The van der Waals surface area contributed by atoms with Crippen molar-refractivity contribution in [3.63, 3.8) is 0 Å². The van der Waals surface area contributed by atoms with Crippen LogP contribution in [-0.2, 0) is 11.3 Å². The van der Waals surface area contributed by atoms with Crippen molar-refractivity contribution in [2.75, 3.05) is 33.9 Å². The molecular weight excluding hydrogens is 431 g/mol. The highest BCUT2D eigenvalue weighted by Crippen LogP contribution is 2.23. The minimum absolute atomic E-state index is 0. The predicted molar refractivity (Wildman–Crippen MR) is 114 cm³/mol. The molecule has 0 unspecified atom stereocenters. The van der Waals surface area contributed by atoms with Crippen molar-refractivity contribution in [2.24, 2.45) is 10.9 Å². The highest BCUT2D eigenvalue weighted by molar-refractivity contribution is 14.0. The van der Waals surface area contributed by atoms with Gasteiger partial charge in [0.15, 0.2) is 5.96 Å². The summed E-state index contributed by atoms with van der Waals surface area (Å²) in [5.41, 5.74) is 3.05. The van der Waals surface area contributed by atoms with Crippen molar-refractivity contribution in [3.8, 4) is 5.75 Å². The lowest BCUT2D eigenvalue weighted by atomic mass is 10.1. The predicted octanol–water partition coefficient (Wildman–Crippen LogP) is 3.05. The lowest BCUT2D eigenvalue weighted by molar-refractivity contribution is 0.128. The van der Waals surface area contributed by atoms with Crippen LogP contribution in [0.3, 0.4) is 0 Å². The smallest absolute Gasteiger partial charge is 0.191 e. The lowest BCUT2D eigenvalue weighted by Crippen LogP contribution is -2.38. The van der Waals surface area contributed by atoms with Crippen LogP contribution in [0.15, 0.2) is 11.2 Å². The highest BCUT2D eigenvalue weighted by Gasteiger charge is 2.09. The third-order valence-corrected chi connectivity index (χ3v) is 3.78. The van der Waals surface area contributed by atoms with E-state index in [-0.39, 0.29) is 24.0 Å². The van der Waals surface area contributed by atoms with Gasteiger partial charge in [-0.2, -0.15) is 0 Å². The minimum atomic E-state index is 0. The van der Waals surface area contributed by atoms with E-state index in [4.69, 9.17) is 9.47 Å². The van der Waals surface area contributed by atoms with Gasteiger partial charge in [0.1, 0.15) is 5.75 Å². The van der Waals surface area contributed by atoms with E-state index >= 15 is 0 Å². The van der Waals surface area contributed by atoms with Crippen molar-refractivity contribution < 1.29 is 9.47 Å². The molecule has 0 amide bonds. The van der Waals surface area contributed by atoms with E-state index in [2.05, 4.69) is 34.5 Å². The van der Waals surface area contributed by atoms with Crippen LogP contribution < -0.4 is 15.4 Å². The van der Waals surface area contributed by atoms with Gasteiger partial charge in [0, 0.05) is 37.5 Å². The molecule has 0 saturated carbocycles. The number of hydrogen-bond acceptors (Lipinski definition) is 4. The first-order valence-corrected chi connectivity index (χ1v) is 8.50. The van der Waals surface area contributed by atoms with Gasteiger partial charge in [0.25, 0.3) is 0 Å². The molecule has 0 aliphatic rings. The van der Waals surface area contributed by atoms with Crippen LogP contribution in [0.1, 0.15) is 37.1 Å². The lowest BCUT2D eigenvalue weighted by Gasteiger charge is -2.15. The van der Waals surface area contributed by atoms with Gasteiger partial charge in [0.2, 0.25) is 0 Å². The molecule has 7 heteroatoms. The number of pyridine rings is 1. The molecule has 2 N–H and O–H groups in total. The maximum Gasteiger partial charge on any atom is 0.191 e. The third kappa shape index (κ3) is 8.71. The van der Waals surface area contributed by atoms with Gasteiger partial charge in [-0.1, -0.05) is 13.8 Å². The van der Waals surface area contributed by atoms with Crippen LogP contribution in [0, 0.1) is 19.8 Å². The van der Waals surface area contributed by atoms with Gasteiger partial charge < -0.3 is 20.1 Å². The molecule has 0 aliphatic heterocycles. The topological polar surface area (TPSA) is 67.8 Å². The van der Waals surface area contributed by atoms with Gasteiger partial charge in [-0.15, -0.1) is 24.0 Å². The Hall–Kier alpha value is -1.09. The molecule has 0 atom stereocenters. The number of aromatic nitrogens is 1. The Morgan fingerprint density at radius 1 is 1.24 bits per heavy atom. The number of hydrogen-bond donors (Lipinski definition) is 2. The maximum absolute atomic E-state index is 5.59. The second kappa shape index (κ2) is 13.2. The number of nitrogens with one attached hydrogen (secondary N) is 2. The Morgan fingerprint density at radius 2 is 1.96 bits per heavy atom. The first-order chi connectivity index (χ1) is 11.5. The molecule has 0 fully saturated rings. The zero-order chi connectivity index (χ0) is 17.9. The quantitative estimate of drug-likeness (QED) is 0.255. The van der Waals surface area contributed by atoms with E-state index in [1.165, 1.54) is 0 Å². The SMILES string of the molecule is CN=C(NCCOCCC(C)C)NCc1ncc(C)c(OC)c1C.I. The minimum Gasteiger partial charge on any atom is -0.496 e. The van der Waals surface area contributed by atoms with Crippen LogP contribution in [0.25, 0.3) is 0 Å². The van der Waals surface area contributed by atoms with Crippen molar-refractivity contribution in [1.82, 2.24) is 15.6 Å². The average molecular weight is 464 g/mol. The highest BCUT2D eigenvalue weighted by atomic mass is 127. The molecule has 0 radical (unpaired) electrons. The number of ether oxygens (including phenoxy) is 2. The van der Waals surface area contributed by atoms with E-state index in [0.717, 1.165) is 48.1 Å². The largest absolute Gasteiger partial charge is 0.496 e. The number of methoxy groups -OCH3 is 1. The zero-order valence-corrected chi connectivity index (χ0v) is 18.6. The molecule has 1 aromatic rings. The van der Waals surface area contributed by atoms with Gasteiger partial charge >= 0.3 is 0 Å². The van der Waals surface area contributed by atoms with Crippen molar-refractivity contribution in [2.45, 2.75) is 40.7 Å². The number of guanidine groups is 1. The molecular formula is C18H33IN4O2. The summed E-state index contributed by atoms with van der Waals surface area (Å²) in [6, 6.07) is 0. The average Bonchev–Trinajstić information content (AvgIpc) is 2.55. The number of halogens is 1. The van der Waals surface area contributed by atoms with Crippen molar-refractivity contribution in [3.05, 3.63) is 23.0 Å². The van der Waals surface area contributed by atoms with Crippen molar-refractivity contribution >= 4 is 29.9 Å². The van der Waals surface area contributed by atoms with E-state index in [1.54, 1.807) is 14.2 Å². The standard InChI is InChI=1S/C18H32N4O2.HI/c1-13(2)7-9-24-10-8-20-18(19-5)22-12-16-15(4)17(23-6)14(3)11-21-16;/h11,13H,7-10,12H2,1-6H3,(H2,19,20,22);1H. The summed E-state index contributed by atoms with van der Waals surface area (Å²) in [4.78, 5) is 8.70. The van der Waals surface area contributed by atoms with Crippen LogP contribution in [0.4, 0.5) is 0 Å².